The molecule has 5 heteroatoms. The Morgan fingerprint density at radius 1 is 1.08 bits per heavy atom. The zero-order valence-electron chi connectivity index (χ0n) is 12.8. The molecule has 3 rings (SSSR count). The third-order valence-corrected chi connectivity index (χ3v) is 4.57. The van der Waals surface area contributed by atoms with Crippen LogP contribution in [0.5, 0.6) is 5.75 Å². The van der Waals surface area contributed by atoms with E-state index in [0.717, 1.165) is 0 Å². The molecule has 1 unspecified atom stereocenters. The molecule has 0 saturated heterocycles. The van der Waals surface area contributed by atoms with Gasteiger partial charge in [0.1, 0.15) is 5.75 Å². The van der Waals surface area contributed by atoms with Crippen molar-refractivity contribution in [2.24, 2.45) is 0 Å². The van der Waals surface area contributed by atoms with Gasteiger partial charge in [-0.05, 0) is 35.7 Å². The number of benzene rings is 1. The number of Topliss-reactive ketones (excluding diaryl/α,β-unsaturated/α-hetero) is 2. The first-order valence-electron chi connectivity index (χ1n) is 7.46. The summed E-state index contributed by atoms with van der Waals surface area (Å²) in [6.07, 6.45) is 1.63. The maximum atomic E-state index is 12.8. The Balaban J connectivity index is 1.90. The number of carbonyl (C=O) groups excluding carboxylic acids is 2. The summed E-state index contributed by atoms with van der Waals surface area (Å²) in [5, 5.41) is 11.4. The quantitative estimate of drug-likeness (QED) is 0.688. The van der Waals surface area contributed by atoms with Gasteiger partial charge >= 0.3 is 0 Å². The van der Waals surface area contributed by atoms with Crippen LogP contribution < -0.4 is 0 Å². The van der Waals surface area contributed by atoms with Gasteiger partial charge < -0.3 is 5.11 Å². The predicted octanol–water partition coefficient (Wildman–Crippen LogP) is 4.09. The zero-order valence-corrected chi connectivity index (χ0v) is 13.6. The molecular weight excluding hydrogens is 322 g/mol. The molecule has 0 aliphatic rings. The van der Waals surface area contributed by atoms with Gasteiger partial charge in [0.25, 0.3) is 0 Å². The second-order valence-corrected chi connectivity index (χ2v) is 6.27. The summed E-state index contributed by atoms with van der Waals surface area (Å²) in [6.45, 7) is 0. The van der Waals surface area contributed by atoms with Crippen molar-refractivity contribution in [1.82, 2.24) is 4.98 Å². The van der Waals surface area contributed by atoms with Crippen molar-refractivity contribution in [3.63, 3.8) is 0 Å². The number of ketones is 2. The third-order valence-electron chi connectivity index (χ3n) is 3.68. The molecule has 2 heterocycles. The Labute approximate surface area is 143 Å². The van der Waals surface area contributed by atoms with E-state index in [2.05, 4.69) is 4.98 Å². The highest BCUT2D eigenvalue weighted by molar-refractivity contribution is 7.12. The minimum Gasteiger partial charge on any atom is -0.508 e. The lowest BCUT2D eigenvalue weighted by molar-refractivity contribution is 0.0894. The van der Waals surface area contributed by atoms with E-state index < -0.39 is 5.92 Å². The summed E-state index contributed by atoms with van der Waals surface area (Å²) in [5.41, 5.74) is 0.958. The summed E-state index contributed by atoms with van der Waals surface area (Å²) in [7, 11) is 0. The van der Waals surface area contributed by atoms with Gasteiger partial charge in [0.05, 0.1) is 16.5 Å². The first kappa shape index (κ1) is 16.1. The molecule has 0 aliphatic carbocycles. The van der Waals surface area contributed by atoms with Crippen molar-refractivity contribution in [2.75, 3.05) is 0 Å². The van der Waals surface area contributed by atoms with Gasteiger partial charge in [0.15, 0.2) is 11.6 Å². The van der Waals surface area contributed by atoms with Crippen LogP contribution in [-0.4, -0.2) is 21.7 Å². The monoisotopic (exact) mass is 337 g/mol. The van der Waals surface area contributed by atoms with Crippen LogP contribution in [-0.2, 0) is 0 Å². The Hall–Kier alpha value is -2.79. The smallest absolute Gasteiger partial charge is 0.182 e. The normalized spacial score (nSPS) is 11.8. The van der Waals surface area contributed by atoms with Crippen molar-refractivity contribution in [3.05, 3.63) is 82.3 Å². The van der Waals surface area contributed by atoms with E-state index in [1.165, 1.54) is 23.5 Å². The number of rotatable bonds is 6. The van der Waals surface area contributed by atoms with Crippen molar-refractivity contribution in [2.45, 2.75) is 12.3 Å². The number of pyridine rings is 1. The molecule has 120 valence electrons. The Bertz CT molecular complexity index is 844. The molecule has 1 atom stereocenters. The summed E-state index contributed by atoms with van der Waals surface area (Å²) in [4.78, 5) is 30.2. The van der Waals surface area contributed by atoms with E-state index in [0.29, 0.717) is 16.1 Å². The molecule has 1 aromatic carbocycles. The zero-order chi connectivity index (χ0) is 16.9. The molecule has 0 aliphatic heterocycles. The van der Waals surface area contributed by atoms with Crippen LogP contribution in [0.15, 0.2) is 66.2 Å². The van der Waals surface area contributed by atoms with Crippen LogP contribution in [0.2, 0.25) is 0 Å². The van der Waals surface area contributed by atoms with Crippen molar-refractivity contribution in [3.8, 4) is 5.75 Å². The van der Waals surface area contributed by atoms with Gasteiger partial charge in [-0.15, -0.1) is 11.3 Å². The lowest BCUT2D eigenvalue weighted by atomic mass is 9.90. The molecule has 0 amide bonds. The van der Waals surface area contributed by atoms with Crippen LogP contribution in [0.4, 0.5) is 0 Å². The fourth-order valence-corrected chi connectivity index (χ4v) is 3.21. The van der Waals surface area contributed by atoms with E-state index in [1.54, 1.807) is 42.6 Å². The highest BCUT2D eigenvalue weighted by Gasteiger charge is 2.27. The number of hydrogen-bond donors (Lipinski definition) is 1. The van der Waals surface area contributed by atoms with E-state index in [4.69, 9.17) is 0 Å². The van der Waals surface area contributed by atoms with Gasteiger partial charge in [0, 0.05) is 18.2 Å². The maximum Gasteiger partial charge on any atom is 0.182 e. The van der Waals surface area contributed by atoms with Gasteiger partial charge in [0.2, 0.25) is 0 Å². The Kier molecular flexibility index (Phi) is 4.82. The molecular formula is C19H15NO3S. The Morgan fingerprint density at radius 3 is 2.62 bits per heavy atom. The standard InChI is InChI=1S/C19H15NO3S/c21-14-6-3-5-13(11-14)17(22)12-15(16-7-1-2-9-20-16)19(23)18-8-4-10-24-18/h1-11,15,21H,12H2. The number of phenols is 1. The third kappa shape index (κ3) is 3.58. The van der Waals surface area contributed by atoms with E-state index in [-0.39, 0.29) is 23.7 Å². The first-order chi connectivity index (χ1) is 11.6. The van der Waals surface area contributed by atoms with Crippen molar-refractivity contribution in [1.29, 1.82) is 0 Å². The summed E-state index contributed by atoms with van der Waals surface area (Å²) < 4.78 is 0. The van der Waals surface area contributed by atoms with Crippen molar-refractivity contribution < 1.29 is 14.7 Å². The van der Waals surface area contributed by atoms with Gasteiger partial charge in [-0.25, -0.2) is 0 Å². The lowest BCUT2D eigenvalue weighted by Crippen LogP contribution is -2.17. The van der Waals surface area contributed by atoms with E-state index in [1.807, 2.05) is 11.4 Å². The highest BCUT2D eigenvalue weighted by Crippen LogP contribution is 2.27. The summed E-state index contributed by atoms with van der Waals surface area (Å²) in [5.74, 6) is -0.928. The molecule has 0 spiro atoms. The molecule has 0 fully saturated rings. The minimum atomic E-state index is -0.639. The lowest BCUT2D eigenvalue weighted by Gasteiger charge is -2.14. The second kappa shape index (κ2) is 7.19. The molecule has 2 aromatic heterocycles. The molecule has 0 radical (unpaired) electrons. The van der Waals surface area contributed by atoms with Crippen LogP contribution in [0, 0.1) is 0 Å². The molecule has 1 N–H and O–H groups in total. The van der Waals surface area contributed by atoms with Crippen LogP contribution in [0.1, 0.15) is 38.1 Å². The molecule has 24 heavy (non-hydrogen) atoms. The average molecular weight is 337 g/mol. The molecule has 0 bridgehead atoms. The van der Waals surface area contributed by atoms with Crippen molar-refractivity contribution >= 4 is 22.9 Å². The van der Waals surface area contributed by atoms with Gasteiger partial charge in [-0.2, -0.15) is 0 Å². The van der Waals surface area contributed by atoms with E-state index >= 15 is 0 Å². The second-order valence-electron chi connectivity index (χ2n) is 5.33. The number of thiophene rings is 1. The summed E-state index contributed by atoms with van der Waals surface area (Å²) >= 11 is 1.35. The van der Waals surface area contributed by atoms with Gasteiger partial charge in [-0.1, -0.05) is 24.3 Å². The largest absolute Gasteiger partial charge is 0.508 e. The van der Waals surface area contributed by atoms with Crippen LogP contribution in [0.3, 0.4) is 0 Å². The maximum absolute atomic E-state index is 12.8. The molecule has 0 saturated carbocycles. The molecule has 3 aromatic rings. The highest BCUT2D eigenvalue weighted by atomic mass is 32.1. The number of nitrogens with zero attached hydrogens (tertiary/aromatic N) is 1. The number of carbonyl (C=O) groups is 2. The topological polar surface area (TPSA) is 67.3 Å². The fraction of sp³-hybridized carbons (Fsp3) is 0.105. The minimum absolute atomic E-state index is 0.0111. The molecule has 4 nitrogen and oxygen atoms in total. The van der Waals surface area contributed by atoms with E-state index in [9.17, 15) is 14.7 Å². The average Bonchev–Trinajstić information content (AvgIpc) is 3.14. The number of aromatic nitrogens is 1. The summed E-state index contributed by atoms with van der Waals surface area (Å²) in [6, 6.07) is 15.0. The van der Waals surface area contributed by atoms with Crippen LogP contribution in [0.25, 0.3) is 0 Å². The van der Waals surface area contributed by atoms with Gasteiger partial charge in [-0.3, -0.25) is 14.6 Å². The first-order valence-corrected chi connectivity index (χ1v) is 8.34. The SMILES string of the molecule is O=C(CC(C(=O)c1cccs1)c1ccccn1)c1cccc(O)c1. The Morgan fingerprint density at radius 2 is 1.96 bits per heavy atom. The fourth-order valence-electron chi connectivity index (χ4n) is 2.49. The number of hydrogen-bond acceptors (Lipinski definition) is 5. The number of aromatic hydroxyl groups is 1. The number of phenolic OH excluding ortho intramolecular Hbond substituents is 1. The predicted molar refractivity (Wildman–Crippen MR) is 92.7 cm³/mol. The van der Waals surface area contributed by atoms with Crippen LogP contribution >= 0.6 is 11.3 Å².